The molecule has 1 saturated heterocycles. The summed E-state index contributed by atoms with van der Waals surface area (Å²) in [6.45, 7) is 1.75. The number of carbonyl (C=O) groups excluding carboxylic acids is 1. The minimum absolute atomic E-state index is 0.0184. The molecule has 0 radical (unpaired) electrons. The highest BCUT2D eigenvalue weighted by atomic mass is 19.4. The number of rotatable bonds is 4. The highest BCUT2D eigenvalue weighted by Gasteiger charge is 2.31. The minimum atomic E-state index is -4.41. The molecular formula is C21H20F3N5O3. The average molecular weight is 447 g/mol. The minimum Gasteiger partial charge on any atom is -0.454 e. The number of hydrogen-bond donors (Lipinski definition) is 1. The van der Waals surface area contributed by atoms with Gasteiger partial charge in [-0.15, -0.1) is 5.10 Å². The molecule has 2 aliphatic heterocycles. The van der Waals surface area contributed by atoms with E-state index in [1.165, 1.54) is 6.07 Å². The van der Waals surface area contributed by atoms with Gasteiger partial charge in [-0.05, 0) is 43.2 Å². The third-order valence-corrected chi connectivity index (χ3v) is 5.72. The molecule has 1 N–H and O–H groups in total. The number of ether oxygens (including phenoxy) is 2. The smallest absolute Gasteiger partial charge is 0.416 e. The van der Waals surface area contributed by atoms with E-state index in [0.29, 0.717) is 35.8 Å². The van der Waals surface area contributed by atoms with Gasteiger partial charge in [0, 0.05) is 24.8 Å². The van der Waals surface area contributed by atoms with Gasteiger partial charge >= 0.3 is 6.18 Å². The van der Waals surface area contributed by atoms with E-state index in [2.05, 4.69) is 15.6 Å². The summed E-state index contributed by atoms with van der Waals surface area (Å²) in [5, 5.41) is 10.9. The molecule has 1 fully saturated rings. The molecule has 8 nitrogen and oxygen atoms in total. The van der Waals surface area contributed by atoms with Crippen molar-refractivity contribution in [1.82, 2.24) is 19.9 Å². The van der Waals surface area contributed by atoms with Crippen molar-refractivity contribution in [3.05, 3.63) is 42.0 Å². The monoisotopic (exact) mass is 447 g/mol. The lowest BCUT2D eigenvalue weighted by Gasteiger charge is -2.31. The second-order valence-corrected chi connectivity index (χ2v) is 7.86. The number of benzene rings is 2. The Morgan fingerprint density at radius 3 is 2.66 bits per heavy atom. The van der Waals surface area contributed by atoms with Crippen molar-refractivity contribution in [1.29, 1.82) is 0 Å². The standard InChI is InChI=1S/C21H20F3N5O3/c22-21(23,24)13-1-3-17-16(9-13)26-27-29(17)15-5-7-28(8-6-15)11-20(30)25-14-2-4-18-19(10-14)32-12-31-18/h1-4,9-10,15H,5-8,11-12H2,(H,25,30). The maximum absolute atomic E-state index is 12.9. The van der Waals surface area contributed by atoms with Crippen molar-refractivity contribution < 1.29 is 27.4 Å². The molecule has 2 aromatic carbocycles. The van der Waals surface area contributed by atoms with E-state index in [4.69, 9.17) is 9.47 Å². The number of nitrogens with zero attached hydrogens (tertiary/aromatic N) is 4. The normalized spacial score (nSPS) is 17.1. The number of aromatic nitrogens is 3. The van der Waals surface area contributed by atoms with Crippen LogP contribution in [0.15, 0.2) is 36.4 Å². The Balaban J connectivity index is 1.18. The molecule has 0 atom stereocenters. The second-order valence-electron chi connectivity index (χ2n) is 7.86. The van der Waals surface area contributed by atoms with Crippen LogP contribution in [-0.4, -0.2) is 52.2 Å². The van der Waals surface area contributed by atoms with Gasteiger partial charge in [-0.2, -0.15) is 13.2 Å². The van der Waals surface area contributed by atoms with Crippen LogP contribution in [0.4, 0.5) is 18.9 Å². The van der Waals surface area contributed by atoms with E-state index in [9.17, 15) is 18.0 Å². The zero-order chi connectivity index (χ0) is 22.3. The van der Waals surface area contributed by atoms with Gasteiger partial charge in [0.05, 0.1) is 23.7 Å². The molecule has 3 aromatic rings. The largest absolute Gasteiger partial charge is 0.454 e. The molecule has 0 spiro atoms. The highest BCUT2D eigenvalue weighted by Crippen LogP contribution is 2.34. The van der Waals surface area contributed by atoms with E-state index in [-0.39, 0.29) is 30.8 Å². The number of halogens is 3. The lowest BCUT2D eigenvalue weighted by molar-refractivity contribution is -0.137. The summed E-state index contributed by atoms with van der Waals surface area (Å²) in [5.41, 5.74) is 0.712. The van der Waals surface area contributed by atoms with Gasteiger partial charge in [-0.1, -0.05) is 5.21 Å². The van der Waals surface area contributed by atoms with Gasteiger partial charge in [0.25, 0.3) is 0 Å². The number of fused-ring (bicyclic) bond motifs is 2. The van der Waals surface area contributed by atoms with E-state index in [1.807, 2.05) is 4.90 Å². The topological polar surface area (TPSA) is 81.5 Å². The quantitative estimate of drug-likeness (QED) is 0.660. The fraction of sp³-hybridized carbons (Fsp3) is 0.381. The van der Waals surface area contributed by atoms with E-state index >= 15 is 0 Å². The number of anilines is 1. The first-order chi connectivity index (χ1) is 15.4. The Labute approximate surface area is 180 Å². The molecule has 0 unspecified atom stereocenters. The molecule has 0 bridgehead atoms. The Hall–Kier alpha value is -3.34. The average Bonchev–Trinajstić information content (AvgIpc) is 3.39. The van der Waals surface area contributed by atoms with Crippen molar-refractivity contribution in [2.24, 2.45) is 0 Å². The fourth-order valence-electron chi connectivity index (χ4n) is 4.09. The van der Waals surface area contributed by atoms with Crippen molar-refractivity contribution in [2.75, 3.05) is 31.7 Å². The van der Waals surface area contributed by atoms with E-state index < -0.39 is 11.7 Å². The van der Waals surface area contributed by atoms with E-state index in [1.54, 1.807) is 22.9 Å². The molecule has 3 heterocycles. The van der Waals surface area contributed by atoms with Crippen molar-refractivity contribution in [3.8, 4) is 11.5 Å². The van der Waals surface area contributed by atoms with Gasteiger partial charge in [0.2, 0.25) is 12.7 Å². The first-order valence-electron chi connectivity index (χ1n) is 10.2. The first-order valence-corrected chi connectivity index (χ1v) is 10.2. The van der Waals surface area contributed by atoms with Crippen LogP contribution in [0, 0.1) is 0 Å². The van der Waals surface area contributed by atoms with Crippen molar-refractivity contribution >= 4 is 22.6 Å². The summed E-state index contributed by atoms with van der Waals surface area (Å²) >= 11 is 0. The van der Waals surface area contributed by atoms with Crippen molar-refractivity contribution in [2.45, 2.75) is 25.1 Å². The number of nitrogens with one attached hydrogen (secondary N) is 1. The SMILES string of the molecule is O=C(CN1CCC(n2nnc3cc(C(F)(F)F)ccc32)CC1)Nc1ccc2c(c1)OCO2. The number of carbonyl (C=O) groups is 1. The summed E-state index contributed by atoms with van der Waals surface area (Å²) in [5.74, 6) is 1.12. The Kier molecular flexibility index (Phi) is 5.12. The Morgan fingerprint density at radius 1 is 1.09 bits per heavy atom. The highest BCUT2D eigenvalue weighted by molar-refractivity contribution is 5.92. The number of alkyl halides is 3. The molecule has 168 valence electrons. The number of hydrogen-bond acceptors (Lipinski definition) is 6. The van der Waals surface area contributed by atoms with Crippen LogP contribution in [0.3, 0.4) is 0 Å². The van der Waals surface area contributed by atoms with Crippen LogP contribution >= 0.6 is 0 Å². The van der Waals surface area contributed by atoms with Crippen LogP contribution < -0.4 is 14.8 Å². The molecule has 11 heteroatoms. The molecule has 1 amide bonds. The lowest BCUT2D eigenvalue weighted by Crippen LogP contribution is -2.39. The molecule has 2 aliphatic rings. The summed E-state index contributed by atoms with van der Waals surface area (Å²) < 4.78 is 51.0. The Bertz CT molecular complexity index is 1160. The van der Waals surface area contributed by atoms with Crippen LogP contribution in [0.5, 0.6) is 11.5 Å². The van der Waals surface area contributed by atoms with Gasteiger partial charge < -0.3 is 14.8 Å². The zero-order valence-corrected chi connectivity index (χ0v) is 16.9. The molecular weight excluding hydrogens is 427 g/mol. The van der Waals surface area contributed by atoms with Crippen LogP contribution in [0.1, 0.15) is 24.4 Å². The van der Waals surface area contributed by atoms with Crippen LogP contribution in [-0.2, 0) is 11.0 Å². The second kappa shape index (κ2) is 7.97. The predicted octanol–water partition coefficient (Wildman–Crippen LogP) is 3.45. The lowest BCUT2D eigenvalue weighted by atomic mass is 10.0. The van der Waals surface area contributed by atoms with Crippen LogP contribution in [0.2, 0.25) is 0 Å². The first kappa shape index (κ1) is 20.6. The number of piperidine rings is 1. The van der Waals surface area contributed by atoms with Gasteiger partial charge in [0.15, 0.2) is 11.5 Å². The third-order valence-electron chi connectivity index (χ3n) is 5.72. The fourth-order valence-corrected chi connectivity index (χ4v) is 4.09. The summed E-state index contributed by atoms with van der Waals surface area (Å²) in [6, 6.07) is 8.76. The van der Waals surface area contributed by atoms with Crippen LogP contribution in [0.25, 0.3) is 11.0 Å². The molecule has 1 aromatic heterocycles. The third kappa shape index (κ3) is 4.07. The molecule has 0 aliphatic carbocycles. The van der Waals surface area contributed by atoms with Crippen molar-refractivity contribution in [3.63, 3.8) is 0 Å². The number of likely N-dealkylation sites (tertiary alicyclic amines) is 1. The molecule has 5 rings (SSSR count). The summed E-state index contributed by atoms with van der Waals surface area (Å²) in [4.78, 5) is 14.5. The maximum Gasteiger partial charge on any atom is 0.416 e. The molecule has 32 heavy (non-hydrogen) atoms. The van der Waals surface area contributed by atoms with Gasteiger partial charge in [-0.25, -0.2) is 4.68 Å². The summed E-state index contributed by atoms with van der Waals surface area (Å²) in [6.07, 6.45) is -2.97. The molecule has 0 saturated carbocycles. The summed E-state index contributed by atoms with van der Waals surface area (Å²) in [7, 11) is 0. The van der Waals surface area contributed by atoms with Gasteiger partial charge in [-0.3, -0.25) is 9.69 Å². The van der Waals surface area contributed by atoms with E-state index in [0.717, 1.165) is 25.0 Å². The maximum atomic E-state index is 12.9. The zero-order valence-electron chi connectivity index (χ0n) is 16.9. The number of amides is 1. The Morgan fingerprint density at radius 2 is 1.88 bits per heavy atom. The van der Waals surface area contributed by atoms with Gasteiger partial charge in [0.1, 0.15) is 5.52 Å². The predicted molar refractivity (Wildman–Crippen MR) is 108 cm³/mol.